The molecule has 0 radical (unpaired) electrons. The number of phenolic OH excluding ortho intramolecular Hbond substituents is 2. The van der Waals surface area contributed by atoms with E-state index in [2.05, 4.69) is 4.98 Å². The summed E-state index contributed by atoms with van der Waals surface area (Å²) in [5.41, 5.74) is -0.642. The SMILES string of the molecule is N#CC(=Cc1cc(O)c(O)c([N+](=O)[O-])c1)c1cccc(F)n1. The van der Waals surface area contributed by atoms with Crippen LogP contribution in [0.25, 0.3) is 11.6 Å². The molecule has 0 unspecified atom stereocenters. The van der Waals surface area contributed by atoms with Crippen molar-refractivity contribution in [3.05, 3.63) is 57.7 Å². The molecule has 1 aromatic heterocycles. The van der Waals surface area contributed by atoms with Gasteiger partial charge in [-0.25, -0.2) is 4.98 Å². The van der Waals surface area contributed by atoms with Crippen molar-refractivity contribution in [2.45, 2.75) is 0 Å². The van der Waals surface area contributed by atoms with Gasteiger partial charge in [0, 0.05) is 6.07 Å². The lowest BCUT2D eigenvalue weighted by molar-refractivity contribution is -0.386. The van der Waals surface area contributed by atoms with Gasteiger partial charge in [0.05, 0.1) is 16.2 Å². The summed E-state index contributed by atoms with van der Waals surface area (Å²) in [7, 11) is 0. The average Bonchev–Trinajstić information content (AvgIpc) is 2.47. The first-order valence-electron chi connectivity index (χ1n) is 5.87. The second-order valence-corrected chi connectivity index (χ2v) is 4.18. The minimum atomic E-state index is -0.876. The van der Waals surface area contributed by atoms with E-state index in [0.29, 0.717) is 0 Å². The monoisotopic (exact) mass is 301 g/mol. The predicted molar refractivity (Wildman–Crippen MR) is 74.1 cm³/mol. The van der Waals surface area contributed by atoms with Gasteiger partial charge in [-0.3, -0.25) is 10.1 Å². The fourth-order valence-electron chi connectivity index (χ4n) is 1.74. The molecular formula is C14H8FN3O4. The number of hydrogen-bond donors (Lipinski definition) is 2. The maximum atomic E-state index is 13.1. The number of nitro groups is 1. The minimum Gasteiger partial charge on any atom is -0.504 e. The summed E-state index contributed by atoms with van der Waals surface area (Å²) in [4.78, 5) is 13.4. The van der Waals surface area contributed by atoms with E-state index >= 15 is 0 Å². The van der Waals surface area contributed by atoms with Crippen LogP contribution < -0.4 is 0 Å². The summed E-state index contributed by atoms with van der Waals surface area (Å²) in [6.07, 6.45) is 1.19. The van der Waals surface area contributed by atoms with Crippen molar-refractivity contribution in [3.8, 4) is 17.6 Å². The molecule has 0 saturated carbocycles. The summed E-state index contributed by atoms with van der Waals surface area (Å²) in [5.74, 6) is -2.35. The minimum absolute atomic E-state index is 0.0396. The number of rotatable bonds is 3. The number of nitro benzene ring substituents is 1. The van der Waals surface area contributed by atoms with Crippen LogP contribution >= 0.6 is 0 Å². The van der Waals surface area contributed by atoms with E-state index in [1.807, 2.05) is 0 Å². The molecule has 0 aliphatic carbocycles. The van der Waals surface area contributed by atoms with E-state index in [1.54, 1.807) is 6.07 Å². The summed E-state index contributed by atoms with van der Waals surface area (Å²) in [5, 5.41) is 38.8. The average molecular weight is 301 g/mol. The van der Waals surface area contributed by atoms with Crippen molar-refractivity contribution >= 4 is 17.3 Å². The third-order valence-electron chi connectivity index (χ3n) is 2.71. The fraction of sp³-hybridized carbons (Fsp3) is 0. The number of pyridine rings is 1. The standard InChI is InChI=1S/C14H8FN3O4/c15-13-3-1-2-10(17-13)9(7-16)4-8-5-11(18(21)22)14(20)12(19)6-8/h1-6,19-20H. The highest BCUT2D eigenvalue weighted by atomic mass is 19.1. The van der Waals surface area contributed by atoms with Crippen LogP contribution in [0.4, 0.5) is 10.1 Å². The van der Waals surface area contributed by atoms with Crippen LogP contribution in [0.2, 0.25) is 0 Å². The van der Waals surface area contributed by atoms with Crippen molar-refractivity contribution in [1.29, 1.82) is 5.26 Å². The number of nitrogens with zero attached hydrogens (tertiary/aromatic N) is 3. The Hall–Kier alpha value is -3.47. The number of aromatic hydroxyl groups is 2. The van der Waals surface area contributed by atoms with E-state index in [-0.39, 0.29) is 16.8 Å². The Morgan fingerprint density at radius 2 is 2.14 bits per heavy atom. The molecule has 7 nitrogen and oxygen atoms in total. The molecule has 1 heterocycles. The second kappa shape index (κ2) is 5.88. The first kappa shape index (κ1) is 14.9. The third kappa shape index (κ3) is 2.99. The van der Waals surface area contributed by atoms with Crippen molar-refractivity contribution in [2.24, 2.45) is 0 Å². The molecule has 0 amide bonds. The van der Waals surface area contributed by atoms with E-state index in [4.69, 9.17) is 5.26 Å². The maximum Gasteiger partial charge on any atom is 0.315 e. The van der Waals surface area contributed by atoms with Gasteiger partial charge in [-0.15, -0.1) is 0 Å². The molecule has 22 heavy (non-hydrogen) atoms. The van der Waals surface area contributed by atoms with Crippen LogP contribution in [-0.2, 0) is 0 Å². The van der Waals surface area contributed by atoms with Crippen LogP contribution in [-0.4, -0.2) is 20.1 Å². The van der Waals surface area contributed by atoms with E-state index in [1.165, 1.54) is 18.2 Å². The van der Waals surface area contributed by atoms with Crippen LogP contribution in [0.3, 0.4) is 0 Å². The van der Waals surface area contributed by atoms with Gasteiger partial charge in [-0.2, -0.15) is 9.65 Å². The fourth-order valence-corrected chi connectivity index (χ4v) is 1.74. The molecule has 0 atom stereocenters. The Kier molecular flexibility index (Phi) is 3.99. The highest BCUT2D eigenvalue weighted by Crippen LogP contribution is 2.36. The molecule has 8 heteroatoms. The molecule has 0 fully saturated rings. The zero-order valence-corrected chi connectivity index (χ0v) is 10.9. The Morgan fingerprint density at radius 3 is 2.73 bits per heavy atom. The molecule has 2 N–H and O–H groups in total. The number of aromatic nitrogens is 1. The molecule has 0 aliphatic heterocycles. The molecule has 0 bridgehead atoms. The van der Waals surface area contributed by atoms with E-state index < -0.39 is 28.1 Å². The van der Waals surface area contributed by atoms with Gasteiger partial charge in [0.25, 0.3) is 0 Å². The smallest absolute Gasteiger partial charge is 0.315 e. The number of phenols is 2. The Labute approximate surface area is 123 Å². The zero-order chi connectivity index (χ0) is 16.3. The number of benzene rings is 1. The third-order valence-corrected chi connectivity index (χ3v) is 2.71. The van der Waals surface area contributed by atoms with Crippen molar-refractivity contribution in [2.75, 3.05) is 0 Å². The largest absolute Gasteiger partial charge is 0.504 e. The summed E-state index contributed by atoms with van der Waals surface area (Å²) >= 11 is 0. The molecule has 2 rings (SSSR count). The first-order chi connectivity index (χ1) is 10.4. The molecule has 0 spiro atoms. The van der Waals surface area contributed by atoms with Gasteiger partial charge in [0.2, 0.25) is 11.7 Å². The highest BCUT2D eigenvalue weighted by molar-refractivity contribution is 5.89. The van der Waals surface area contributed by atoms with E-state index in [9.17, 15) is 24.7 Å². The molecule has 0 saturated heterocycles. The summed E-state index contributed by atoms with van der Waals surface area (Å²) < 4.78 is 13.1. The lowest BCUT2D eigenvalue weighted by Crippen LogP contribution is -1.92. The van der Waals surface area contributed by atoms with Crippen LogP contribution in [0, 0.1) is 27.4 Å². The summed E-state index contributed by atoms with van der Waals surface area (Å²) in [6, 6.07) is 7.68. The number of hydrogen-bond acceptors (Lipinski definition) is 6. The highest BCUT2D eigenvalue weighted by Gasteiger charge is 2.18. The van der Waals surface area contributed by atoms with Gasteiger partial charge in [0.15, 0.2) is 5.75 Å². The quantitative estimate of drug-likeness (QED) is 0.295. The van der Waals surface area contributed by atoms with Gasteiger partial charge >= 0.3 is 5.69 Å². The number of halogens is 1. The van der Waals surface area contributed by atoms with Crippen molar-refractivity contribution < 1.29 is 19.5 Å². The normalized spacial score (nSPS) is 11.0. The molecule has 1 aromatic carbocycles. The maximum absolute atomic E-state index is 13.1. The van der Waals surface area contributed by atoms with E-state index in [0.717, 1.165) is 18.2 Å². The van der Waals surface area contributed by atoms with Gasteiger partial charge in [0.1, 0.15) is 6.07 Å². The number of allylic oxidation sites excluding steroid dienone is 1. The Morgan fingerprint density at radius 1 is 1.41 bits per heavy atom. The van der Waals surface area contributed by atoms with Gasteiger partial charge < -0.3 is 10.2 Å². The summed E-state index contributed by atoms with van der Waals surface area (Å²) in [6.45, 7) is 0. The molecule has 2 aromatic rings. The zero-order valence-electron chi connectivity index (χ0n) is 10.9. The topological polar surface area (TPSA) is 120 Å². The molecular weight excluding hydrogens is 293 g/mol. The second-order valence-electron chi connectivity index (χ2n) is 4.18. The lowest BCUT2D eigenvalue weighted by atomic mass is 10.1. The Balaban J connectivity index is 2.56. The van der Waals surface area contributed by atoms with Gasteiger partial charge in [-0.05, 0) is 29.8 Å². The molecule has 0 aliphatic rings. The van der Waals surface area contributed by atoms with Crippen LogP contribution in [0.1, 0.15) is 11.3 Å². The van der Waals surface area contributed by atoms with Crippen molar-refractivity contribution in [3.63, 3.8) is 0 Å². The Bertz CT molecular complexity index is 827. The van der Waals surface area contributed by atoms with Crippen LogP contribution in [0.5, 0.6) is 11.5 Å². The first-order valence-corrected chi connectivity index (χ1v) is 5.87. The van der Waals surface area contributed by atoms with Gasteiger partial charge in [-0.1, -0.05) is 6.07 Å². The van der Waals surface area contributed by atoms with Crippen LogP contribution in [0.15, 0.2) is 30.3 Å². The molecule has 110 valence electrons. The predicted octanol–water partition coefficient (Wildman–Crippen LogP) is 2.60. The number of nitriles is 1. The van der Waals surface area contributed by atoms with Crippen molar-refractivity contribution in [1.82, 2.24) is 4.98 Å². The lowest BCUT2D eigenvalue weighted by Gasteiger charge is -2.03.